The molecule has 0 amide bonds. The van der Waals surface area contributed by atoms with Gasteiger partial charge in [0.2, 0.25) is 0 Å². The van der Waals surface area contributed by atoms with E-state index in [2.05, 4.69) is 46.7 Å². The molecule has 3 heteroatoms. The summed E-state index contributed by atoms with van der Waals surface area (Å²) in [6.45, 7) is 9.09. The summed E-state index contributed by atoms with van der Waals surface area (Å²) in [5.41, 5.74) is 2.56. The molecular weight excluding hydrogens is 210 g/mol. The van der Waals surface area contributed by atoms with Gasteiger partial charge in [-0.15, -0.1) is 0 Å². The van der Waals surface area contributed by atoms with Crippen LogP contribution in [0.15, 0.2) is 24.3 Å². The van der Waals surface area contributed by atoms with Gasteiger partial charge in [0.05, 0.1) is 0 Å². The second-order valence-electron chi connectivity index (χ2n) is 4.74. The second-order valence-corrected chi connectivity index (χ2v) is 4.74. The largest absolute Gasteiger partial charge is 0.385 e. The third kappa shape index (κ3) is 4.36. The van der Waals surface area contributed by atoms with E-state index < -0.39 is 0 Å². The average Bonchev–Trinajstić information content (AvgIpc) is 2.36. The van der Waals surface area contributed by atoms with Gasteiger partial charge in [-0.25, -0.2) is 0 Å². The second kappa shape index (κ2) is 6.62. The molecule has 1 saturated heterocycles. The van der Waals surface area contributed by atoms with Crippen molar-refractivity contribution in [3.63, 3.8) is 0 Å². The van der Waals surface area contributed by atoms with Crippen LogP contribution in [0.25, 0.3) is 0 Å². The van der Waals surface area contributed by atoms with Crippen LogP contribution in [0.3, 0.4) is 0 Å². The van der Waals surface area contributed by atoms with E-state index >= 15 is 0 Å². The molecule has 1 aliphatic heterocycles. The number of piperazine rings is 1. The number of anilines is 1. The molecule has 1 fully saturated rings. The molecule has 0 spiro atoms. The van der Waals surface area contributed by atoms with Gasteiger partial charge in [0.25, 0.3) is 0 Å². The number of aryl methyl sites for hydroxylation is 1. The Morgan fingerprint density at radius 3 is 2.88 bits per heavy atom. The monoisotopic (exact) mass is 233 g/mol. The van der Waals surface area contributed by atoms with E-state index in [1.165, 1.54) is 37.3 Å². The molecule has 1 aromatic rings. The molecule has 17 heavy (non-hydrogen) atoms. The zero-order valence-electron chi connectivity index (χ0n) is 10.7. The Labute approximate surface area is 104 Å². The van der Waals surface area contributed by atoms with Crippen molar-refractivity contribution in [3.8, 4) is 0 Å². The van der Waals surface area contributed by atoms with Crippen molar-refractivity contribution in [1.29, 1.82) is 0 Å². The van der Waals surface area contributed by atoms with E-state index in [1.54, 1.807) is 0 Å². The standard InChI is InChI=1S/C14H23N3/c1-13-4-2-5-14(12-13)16-6-3-9-17-10-7-15-8-11-17/h2,4-5,12,15-16H,3,6-11H2,1H3. The first-order chi connectivity index (χ1) is 8.34. The van der Waals surface area contributed by atoms with Crippen LogP contribution in [0.2, 0.25) is 0 Å². The van der Waals surface area contributed by atoms with Gasteiger partial charge < -0.3 is 15.5 Å². The van der Waals surface area contributed by atoms with Crippen LogP contribution >= 0.6 is 0 Å². The van der Waals surface area contributed by atoms with E-state index in [0.717, 1.165) is 19.6 Å². The van der Waals surface area contributed by atoms with Crippen molar-refractivity contribution in [1.82, 2.24) is 10.2 Å². The highest BCUT2D eigenvalue weighted by Gasteiger charge is 2.07. The maximum absolute atomic E-state index is 3.48. The molecule has 0 aliphatic carbocycles. The molecule has 2 N–H and O–H groups in total. The fourth-order valence-corrected chi connectivity index (χ4v) is 2.23. The van der Waals surface area contributed by atoms with E-state index in [-0.39, 0.29) is 0 Å². The zero-order chi connectivity index (χ0) is 11.9. The van der Waals surface area contributed by atoms with Gasteiger partial charge in [-0.2, -0.15) is 0 Å². The van der Waals surface area contributed by atoms with Gasteiger partial charge in [0.1, 0.15) is 0 Å². The van der Waals surface area contributed by atoms with Crippen LogP contribution in [-0.2, 0) is 0 Å². The lowest BCUT2D eigenvalue weighted by molar-refractivity contribution is 0.240. The summed E-state index contributed by atoms with van der Waals surface area (Å²) in [6, 6.07) is 8.57. The number of nitrogens with zero attached hydrogens (tertiary/aromatic N) is 1. The van der Waals surface area contributed by atoms with E-state index in [1.807, 2.05) is 0 Å². The first-order valence-corrected chi connectivity index (χ1v) is 6.58. The highest BCUT2D eigenvalue weighted by Crippen LogP contribution is 2.09. The van der Waals surface area contributed by atoms with Gasteiger partial charge in [-0.05, 0) is 37.6 Å². The van der Waals surface area contributed by atoms with Crippen molar-refractivity contribution < 1.29 is 0 Å². The SMILES string of the molecule is Cc1cccc(NCCCN2CCNCC2)c1. The first kappa shape index (κ1) is 12.4. The maximum atomic E-state index is 3.48. The number of benzene rings is 1. The average molecular weight is 233 g/mol. The normalized spacial score (nSPS) is 17.0. The van der Waals surface area contributed by atoms with Crippen LogP contribution in [0.4, 0.5) is 5.69 Å². The summed E-state index contributed by atoms with van der Waals surface area (Å²) in [5.74, 6) is 0. The Bertz CT molecular complexity index is 332. The van der Waals surface area contributed by atoms with Crippen LogP contribution in [0, 0.1) is 6.92 Å². The molecule has 0 saturated carbocycles. The van der Waals surface area contributed by atoms with Crippen molar-refractivity contribution in [2.24, 2.45) is 0 Å². The van der Waals surface area contributed by atoms with E-state index in [0.29, 0.717) is 0 Å². The summed E-state index contributed by atoms with van der Waals surface area (Å²) in [6.07, 6.45) is 1.22. The van der Waals surface area contributed by atoms with Crippen molar-refractivity contribution in [2.75, 3.05) is 44.6 Å². The predicted molar refractivity (Wildman–Crippen MR) is 73.6 cm³/mol. The number of hydrogen-bond donors (Lipinski definition) is 2. The van der Waals surface area contributed by atoms with Crippen LogP contribution in [-0.4, -0.2) is 44.2 Å². The van der Waals surface area contributed by atoms with E-state index in [4.69, 9.17) is 0 Å². The van der Waals surface area contributed by atoms with Gasteiger partial charge in [-0.3, -0.25) is 0 Å². The summed E-state index contributed by atoms with van der Waals surface area (Å²) < 4.78 is 0. The lowest BCUT2D eigenvalue weighted by Gasteiger charge is -2.27. The minimum Gasteiger partial charge on any atom is -0.385 e. The Morgan fingerprint density at radius 2 is 2.12 bits per heavy atom. The van der Waals surface area contributed by atoms with Gasteiger partial charge in [0.15, 0.2) is 0 Å². The van der Waals surface area contributed by atoms with Crippen LogP contribution in [0.1, 0.15) is 12.0 Å². The Kier molecular flexibility index (Phi) is 4.83. The number of hydrogen-bond acceptors (Lipinski definition) is 3. The summed E-state index contributed by atoms with van der Waals surface area (Å²) in [5, 5.41) is 6.86. The van der Waals surface area contributed by atoms with Gasteiger partial charge >= 0.3 is 0 Å². The summed E-state index contributed by atoms with van der Waals surface area (Å²) in [4.78, 5) is 2.54. The van der Waals surface area contributed by atoms with Crippen LogP contribution in [0.5, 0.6) is 0 Å². The van der Waals surface area contributed by atoms with Gasteiger partial charge in [-0.1, -0.05) is 12.1 Å². The smallest absolute Gasteiger partial charge is 0.0342 e. The Balaban J connectivity index is 1.62. The predicted octanol–water partition coefficient (Wildman–Crippen LogP) is 1.70. The molecule has 0 aromatic heterocycles. The topological polar surface area (TPSA) is 27.3 Å². The number of nitrogens with one attached hydrogen (secondary N) is 2. The highest BCUT2D eigenvalue weighted by molar-refractivity contribution is 5.45. The lowest BCUT2D eigenvalue weighted by atomic mass is 10.2. The minimum absolute atomic E-state index is 1.06. The van der Waals surface area contributed by atoms with Crippen molar-refractivity contribution in [3.05, 3.63) is 29.8 Å². The maximum Gasteiger partial charge on any atom is 0.0342 e. The first-order valence-electron chi connectivity index (χ1n) is 6.58. The molecule has 94 valence electrons. The summed E-state index contributed by atoms with van der Waals surface area (Å²) >= 11 is 0. The Hall–Kier alpha value is -1.06. The molecule has 0 radical (unpaired) electrons. The number of rotatable bonds is 5. The fraction of sp³-hybridized carbons (Fsp3) is 0.571. The third-order valence-corrected chi connectivity index (χ3v) is 3.21. The lowest BCUT2D eigenvalue weighted by Crippen LogP contribution is -2.44. The molecule has 3 nitrogen and oxygen atoms in total. The quantitative estimate of drug-likeness (QED) is 0.758. The minimum atomic E-state index is 1.06. The van der Waals surface area contributed by atoms with Crippen LogP contribution < -0.4 is 10.6 Å². The molecule has 0 bridgehead atoms. The fourth-order valence-electron chi connectivity index (χ4n) is 2.23. The zero-order valence-corrected chi connectivity index (χ0v) is 10.7. The third-order valence-electron chi connectivity index (χ3n) is 3.21. The Morgan fingerprint density at radius 1 is 1.29 bits per heavy atom. The van der Waals surface area contributed by atoms with Crippen molar-refractivity contribution >= 4 is 5.69 Å². The molecule has 2 rings (SSSR count). The summed E-state index contributed by atoms with van der Waals surface area (Å²) in [7, 11) is 0. The van der Waals surface area contributed by atoms with E-state index in [9.17, 15) is 0 Å². The molecule has 1 aliphatic rings. The molecule has 1 aromatic carbocycles. The molecule has 1 heterocycles. The van der Waals surface area contributed by atoms with Gasteiger partial charge in [0, 0.05) is 38.4 Å². The van der Waals surface area contributed by atoms with Crippen molar-refractivity contribution in [2.45, 2.75) is 13.3 Å². The highest BCUT2D eigenvalue weighted by atomic mass is 15.2. The molecular formula is C14H23N3. The molecule has 0 unspecified atom stereocenters. The molecule has 0 atom stereocenters.